The van der Waals surface area contributed by atoms with E-state index in [0.717, 1.165) is 0 Å². The number of allylic oxidation sites excluding steroid dienone is 1. The molecule has 0 heterocycles. The van der Waals surface area contributed by atoms with Gasteiger partial charge in [-0.05, 0) is 17.4 Å². The second-order valence-corrected chi connectivity index (χ2v) is 7.22. The molecule has 1 aliphatic rings. The van der Waals surface area contributed by atoms with Crippen molar-refractivity contribution in [2.45, 2.75) is 20.5 Å². The van der Waals surface area contributed by atoms with E-state index in [1.807, 2.05) is 13.8 Å². The number of carbonyl (C=O) groups excluding carboxylic acids is 1. The Bertz CT molecular complexity index is 659. The standard InChI is InChI=1S/C15H12Cl3F3O2/c1-15(2)7(3-10(16)17)11(15)14(22)23-5-6-12(18)8(19)4-9(20)13(6)21/h3-4,7,11H,5H2,1-2H3/t7-,11+/m1/s1. The Balaban J connectivity index is 2.11. The van der Waals surface area contributed by atoms with E-state index in [1.54, 1.807) is 0 Å². The summed E-state index contributed by atoms with van der Waals surface area (Å²) in [5.74, 6) is -5.29. The maximum Gasteiger partial charge on any atom is 0.310 e. The molecule has 2 rings (SSSR count). The highest BCUT2D eigenvalue weighted by atomic mass is 35.5. The first-order chi connectivity index (χ1) is 10.6. The molecule has 126 valence electrons. The van der Waals surface area contributed by atoms with E-state index < -0.39 is 51.9 Å². The van der Waals surface area contributed by atoms with Gasteiger partial charge in [0.1, 0.15) is 16.9 Å². The van der Waals surface area contributed by atoms with Gasteiger partial charge in [-0.25, -0.2) is 13.2 Å². The molecule has 23 heavy (non-hydrogen) atoms. The molecule has 1 fully saturated rings. The quantitative estimate of drug-likeness (QED) is 0.511. The number of halogens is 6. The van der Waals surface area contributed by atoms with Crippen molar-refractivity contribution in [1.29, 1.82) is 0 Å². The van der Waals surface area contributed by atoms with Crippen molar-refractivity contribution in [2.24, 2.45) is 17.3 Å². The van der Waals surface area contributed by atoms with E-state index in [0.29, 0.717) is 6.07 Å². The first-order valence-electron chi connectivity index (χ1n) is 6.58. The average molecular weight is 388 g/mol. The molecule has 0 saturated heterocycles. The van der Waals surface area contributed by atoms with Crippen LogP contribution in [0.4, 0.5) is 13.2 Å². The molecule has 0 unspecified atom stereocenters. The molecule has 1 aromatic rings. The van der Waals surface area contributed by atoms with Gasteiger partial charge in [-0.2, -0.15) is 0 Å². The summed E-state index contributed by atoms with van der Waals surface area (Å²) in [6, 6.07) is 0.330. The van der Waals surface area contributed by atoms with Crippen LogP contribution in [0.3, 0.4) is 0 Å². The molecule has 2 nitrogen and oxygen atoms in total. The number of benzene rings is 1. The fourth-order valence-electron chi connectivity index (χ4n) is 2.56. The lowest BCUT2D eigenvalue weighted by Gasteiger charge is -2.09. The Morgan fingerprint density at radius 1 is 1.30 bits per heavy atom. The van der Waals surface area contributed by atoms with Crippen LogP contribution in [-0.4, -0.2) is 5.97 Å². The van der Waals surface area contributed by atoms with Crippen LogP contribution < -0.4 is 0 Å². The Labute approximate surface area is 146 Å². The van der Waals surface area contributed by atoms with Gasteiger partial charge in [0.05, 0.1) is 10.9 Å². The predicted octanol–water partition coefficient (Wildman–Crippen LogP) is 5.39. The summed E-state index contributed by atoms with van der Waals surface area (Å²) < 4.78 is 45.2. The highest BCUT2D eigenvalue weighted by Gasteiger charge is 2.61. The van der Waals surface area contributed by atoms with E-state index in [2.05, 4.69) is 0 Å². The number of hydrogen-bond donors (Lipinski definition) is 0. The second-order valence-electron chi connectivity index (χ2n) is 5.84. The summed E-state index contributed by atoms with van der Waals surface area (Å²) in [6.45, 7) is 2.95. The zero-order valence-corrected chi connectivity index (χ0v) is 14.4. The lowest BCUT2D eigenvalue weighted by Crippen LogP contribution is -2.12. The lowest BCUT2D eigenvalue weighted by atomic mass is 10.1. The Morgan fingerprint density at radius 2 is 1.91 bits per heavy atom. The third kappa shape index (κ3) is 3.62. The van der Waals surface area contributed by atoms with Gasteiger partial charge in [-0.15, -0.1) is 0 Å². The van der Waals surface area contributed by atoms with Crippen molar-refractivity contribution in [3.8, 4) is 0 Å². The molecule has 8 heteroatoms. The third-order valence-corrected chi connectivity index (χ3v) is 4.69. The molecule has 0 aromatic heterocycles. The molecule has 2 atom stereocenters. The normalized spacial score (nSPS) is 21.7. The van der Waals surface area contributed by atoms with Gasteiger partial charge in [0.15, 0.2) is 11.6 Å². The largest absolute Gasteiger partial charge is 0.460 e. The van der Waals surface area contributed by atoms with Gasteiger partial charge >= 0.3 is 5.97 Å². The molecule has 0 bridgehead atoms. The van der Waals surface area contributed by atoms with Gasteiger partial charge in [0.2, 0.25) is 0 Å². The fourth-order valence-corrected chi connectivity index (χ4v) is 3.02. The monoisotopic (exact) mass is 386 g/mol. The van der Waals surface area contributed by atoms with Crippen LogP contribution in [0.1, 0.15) is 19.4 Å². The molecule has 0 amide bonds. The summed E-state index contributed by atoms with van der Waals surface area (Å²) >= 11 is 16.8. The first-order valence-corrected chi connectivity index (χ1v) is 7.72. The minimum Gasteiger partial charge on any atom is -0.460 e. The highest BCUT2D eigenvalue weighted by molar-refractivity contribution is 6.55. The van der Waals surface area contributed by atoms with Gasteiger partial charge < -0.3 is 4.74 Å². The maximum absolute atomic E-state index is 13.6. The molecule has 1 aromatic carbocycles. The molecule has 0 aliphatic heterocycles. The molecule has 1 saturated carbocycles. The third-order valence-electron chi connectivity index (χ3n) is 4.03. The van der Waals surface area contributed by atoms with E-state index in [-0.39, 0.29) is 10.4 Å². The van der Waals surface area contributed by atoms with E-state index in [9.17, 15) is 18.0 Å². The zero-order valence-electron chi connectivity index (χ0n) is 12.1. The van der Waals surface area contributed by atoms with Crippen LogP contribution in [-0.2, 0) is 16.1 Å². The van der Waals surface area contributed by atoms with Crippen molar-refractivity contribution in [2.75, 3.05) is 0 Å². The van der Waals surface area contributed by atoms with E-state index in [1.165, 1.54) is 6.08 Å². The van der Waals surface area contributed by atoms with Gasteiger partial charge in [0.25, 0.3) is 0 Å². The smallest absolute Gasteiger partial charge is 0.310 e. The summed E-state index contributed by atoms with van der Waals surface area (Å²) in [4.78, 5) is 12.1. The zero-order chi connectivity index (χ0) is 17.5. The number of ether oxygens (including phenoxy) is 1. The molecule has 0 N–H and O–H groups in total. The van der Waals surface area contributed by atoms with Crippen LogP contribution >= 0.6 is 34.8 Å². The Hall–Kier alpha value is -0.910. The summed E-state index contributed by atoms with van der Waals surface area (Å²) in [6.07, 6.45) is 1.52. The van der Waals surface area contributed by atoms with Crippen LogP contribution in [0.2, 0.25) is 5.02 Å². The first kappa shape index (κ1) is 18.4. The van der Waals surface area contributed by atoms with Crippen molar-refractivity contribution in [1.82, 2.24) is 0 Å². The number of hydrogen-bond acceptors (Lipinski definition) is 2. The summed E-state index contributed by atoms with van der Waals surface area (Å²) in [5, 5.41) is -0.619. The van der Waals surface area contributed by atoms with Gasteiger partial charge in [0, 0.05) is 11.6 Å². The van der Waals surface area contributed by atoms with Crippen LogP contribution in [0.5, 0.6) is 0 Å². The SMILES string of the molecule is CC1(C)[C@H](C=C(Cl)Cl)[C@H]1C(=O)OCc1c(F)c(F)cc(F)c1Cl. The lowest BCUT2D eigenvalue weighted by molar-refractivity contribution is -0.147. The fraction of sp³-hybridized carbons (Fsp3) is 0.400. The van der Waals surface area contributed by atoms with Gasteiger partial charge in [-0.1, -0.05) is 48.7 Å². The topological polar surface area (TPSA) is 26.3 Å². The molecule has 0 spiro atoms. The predicted molar refractivity (Wildman–Crippen MR) is 81.7 cm³/mol. The summed E-state index contributed by atoms with van der Waals surface area (Å²) in [5.41, 5.74) is -0.972. The van der Waals surface area contributed by atoms with Crippen LogP contribution in [0, 0.1) is 34.7 Å². The molecular weight excluding hydrogens is 376 g/mol. The highest BCUT2D eigenvalue weighted by Crippen LogP contribution is 2.60. The molecule has 0 radical (unpaired) electrons. The van der Waals surface area contributed by atoms with E-state index >= 15 is 0 Å². The summed E-state index contributed by atoms with van der Waals surface area (Å²) in [7, 11) is 0. The number of carbonyl (C=O) groups is 1. The minimum atomic E-state index is -1.40. The number of esters is 1. The Kier molecular flexibility index (Phi) is 5.24. The van der Waals surface area contributed by atoms with Crippen LogP contribution in [0.15, 0.2) is 16.6 Å². The number of rotatable bonds is 4. The van der Waals surface area contributed by atoms with Crippen LogP contribution in [0.25, 0.3) is 0 Å². The minimum absolute atomic E-state index is 0.0275. The van der Waals surface area contributed by atoms with E-state index in [4.69, 9.17) is 39.5 Å². The molecule has 1 aliphatic carbocycles. The maximum atomic E-state index is 13.6. The van der Waals surface area contributed by atoms with Crippen molar-refractivity contribution < 1.29 is 22.7 Å². The second kappa shape index (κ2) is 6.54. The van der Waals surface area contributed by atoms with Crippen molar-refractivity contribution in [3.05, 3.63) is 44.7 Å². The van der Waals surface area contributed by atoms with Crippen molar-refractivity contribution >= 4 is 40.8 Å². The average Bonchev–Trinajstić information content (AvgIpc) is 2.96. The van der Waals surface area contributed by atoms with Crippen molar-refractivity contribution in [3.63, 3.8) is 0 Å². The molecular formula is C15H12Cl3F3O2. The Morgan fingerprint density at radius 3 is 2.48 bits per heavy atom. The van der Waals surface area contributed by atoms with Gasteiger partial charge in [-0.3, -0.25) is 4.79 Å².